The quantitative estimate of drug-likeness (QED) is 0.752. The number of morpholine rings is 1. The Balaban J connectivity index is 2.09. The van der Waals surface area contributed by atoms with Gasteiger partial charge in [0.2, 0.25) is 0 Å². The fourth-order valence-electron chi connectivity index (χ4n) is 3.60. The number of ether oxygens (including phenoxy) is 1. The molecule has 0 aromatic heterocycles. The number of hydrogen-bond acceptors (Lipinski definition) is 3. The van der Waals surface area contributed by atoms with Gasteiger partial charge in [-0.05, 0) is 26.7 Å². The van der Waals surface area contributed by atoms with E-state index in [0.29, 0.717) is 12.2 Å². The molecule has 0 unspecified atom stereocenters. The van der Waals surface area contributed by atoms with E-state index >= 15 is 0 Å². The molecule has 1 aliphatic heterocycles. The lowest BCUT2D eigenvalue weighted by atomic mass is 9.87. The van der Waals surface area contributed by atoms with E-state index in [2.05, 4.69) is 18.7 Å². The minimum absolute atomic E-state index is 0.267. The van der Waals surface area contributed by atoms with Crippen LogP contribution in [0, 0.1) is 0 Å². The van der Waals surface area contributed by atoms with Gasteiger partial charge in [0.1, 0.15) is 0 Å². The molecule has 100 valence electrons. The van der Waals surface area contributed by atoms with Crippen molar-refractivity contribution in [2.24, 2.45) is 5.73 Å². The van der Waals surface area contributed by atoms with Crippen LogP contribution >= 0.6 is 0 Å². The third kappa shape index (κ3) is 3.01. The van der Waals surface area contributed by atoms with Crippen LogP contribution in [0.3, 0.4) is 0 Å². The number of nitrogens with two attached hydrogens (primary N) is 1. The van der Waals surface area contributed by atoms with Crippen LogP contribution in [-0.4, -0.2) is 42.3 Å². The maximum absolute atomic E-state index is 6.15. The zero-order valence-corrected chi connectivity index (χ0v) is 11.5. The Labute approximate surface area is 106 Å². The van der Waals surface area contributed by atoms with E-state index in [9.17, 15) is 0 Å². The molecule has 0 aromatic rings. The van der Waals surface area contributed by atoms with Gasteiger partial charge < -0.3 is 10.5 Å². The molecule has 2 atom stereocenters. The molecule has 1 saturated heterocycles. The first kappa shape index (κ1) is 13.3. The van der Waals surface area contributed by atoms with Crippen LogP contribution in [0.5, 0.6) is 0 Å². The molecular weight excluding hydrogens is 212 g/mol. The van der Waals surface area contributed by atoms with Gasteiger partial charge in [-0.25, -0.2) is 0 Å². The second-order valence-electron chi connectivity index (χ2n) is 6.00. The summed E-state index contributed by atoms with van der Waals surface area (Å²) in [5.41, 5.74) is 6.41. The Kier molecular flexibility index (Phi) is 4.45. The Hall–Kier alpha value is -0.120. The van der Waals surface area contributed by atoms with Gasteiger partial charge in [-0.2, -0.15) is 0 Å². The van der Waals surface area contributed by atoms with E-state index in [1.807, 2.05) is 0 Å². The molecule has 0 amide bonds. The topological polar surface area (TPSA) is 38.5 Å². The van der Waals surface area contributed by atoms with Crippen molar-refractivity contribution in [2.75, 3.05) is 19.6 Å². The molecule has 1 heterocycles. The summed E-state index contributed by atoms with van der Waals surface area (Å²) in [6.07, 6.45) is 8.73. The Morgan fingerprint density at radius 3 is 2.06 bits per heavy atom. The molecule has 2 aliphatic rings. The highest BCUT2D eigenvalue weighted by Crippen LogP contribution is 2.33. The van der Waals surface area contributed by atoms with E-state index in [1.54, 1.807) is 0 Å². The van der Waals surface area contributed by atoms with Crippen LogP contribution < -0.4 is 5.73 Å². The lowest BCUT2D eigenvalue weighted by Gasteiger charge is -2.48. The largest absolute Gasteiger partial charge is 0.373 e. The third-order valence-electron chi connectivity index (χ3n) is 4.50. The molecule has 2 rings (SSSR count). The Morgan fingerprint density at radius 1 is 1.06 bits per heavy atom. The zero-order chi connectivity index (χ0) is 12.3. The predicted molar refractivity (Wildman–Crippen MR) is 71.1 cm³/mol. The maximum atomic E-state index is 6.15. The molecular formula is C14H28N2O. The van der Waals surface area contributed by atoms with Crippen molar-refractivity contribution < 1.29 is 4.74 Å². The van der Waals surface area contributed by atoms with Gasteiger partial charge in [0.25, 0.3) is 0 Å². The lowest BCUT2D eigenvalue weighted by Crippen LogP contribution is -2.60. The van der Waals surface area contributed by atoms with Gasteiger partial charge >= 0.3 is 0 Å². The number of rotatable bonds is 2. The normalized spacial score (nSPS) is 35.5. The first-order chi connectivity index (χ1) is 8.16. The number of nitrogens with zero attached hydrogens (tertiary/aromatic N) is 1. The van der Waals surface area contributed by atoms with E-state index in [0.717, 1.165) is 19.6 Å². The van der Waals surface area contributed by atoms with Crippen LogP contribution in [0.15, 0.2) is 0 Å². The van der Waals surface area contributed by atoms with Crippen molar-refractivity contribution in [1.82, 2.24) is 4.90 Å². The van der Waals surface area contributed by atoms with E-state index in [4.69, 9.17) is 10.5 Å². The molecule has 0 radical (unpaired) electrons. The van der Waals surface area contributed by atoms with Gasteiger partial charge in [-0.1, -0.05) is 25.7 Å². The summed E-state index contributed by atoms with van der Waals surface area (Å²) in [6, 6.07) is 0. The van der Waals surface area contributed by atoms with Crippen LogP contribution in [0.4, 0.5) is 0 Å². The fourth-order valence-corrected chi connectivity index (χ4v) is 3.60. The lowest BCUT2D eigenvalue weighted by molar-refractivity contribution is -0.104. The molecule has 0 aromatic carbocycles. The summed E-state index contributed by atoms with van der Waals surface area (Å²) < 4.78 is 5.85. The van der Waals surface area contributed by atoms with E-state index in [-0.39, 0.29) is 5.54 Å². The summed E-state index contributed by atoms with van der Waals surface area (Å²) in [4.78, 5) is 2.64. The molecule has 0 spiro atoms. The average Bonchev–Trinajstić information content (AvgIpc) is 2.53. The van der Waals surface area contributed by atoms with Crippen LogP contribution in [0.25, 0.3) is 0 Å². The fraction of sp³-hybridized carbons (Fsp3) is 1.00. The summed E-state index contributed by atoms with van der Waals surface area (Å²) >= 11 is 0. The summed E-state index contributed by atoms with van der Waals surface area (Å²) in [5, 5.41) is 0. The smallest absolute Gasteiger partial charge is 0.0678 e. The highest BCUT2D eigenvalue weighted by atomic mass is 16.5. The second kappa shape index (κ2) is 5.68. The number of hydrogen-bond donors (Lipinski definition) is 1. The molecule has 1 saturated carbocycles. The van der Waals surface area contributed by atoms with Crippen molar-refractivity contribution >= 4 is 0 Å². The molecule has 2 fully saturated rings. The van der Waals surface area contributed by atoms with Gasteiger partial charge in [0, 0.05) is 25.2 Å². The van der Waals surface area contributed by atoms with Crippen molar-refractivity contribution in [2.45, 2.75) is 70.1 Å². The minimum Gasteiger partial charge on any atom is -0.373 e. The van der Waals surface area contributed by atoms with E-state index < -0.39 is 0 Å². The third-order valence-corrected chi connectivity index (χ3v) is 4.50. The Morgan fingerprint density at radius 2 is 1.59 bits per heavy atom. The van der Waals surface area contributed by atoms with Gasteiger partial charge in [0.05, 0.1) is 12.2 Å². The molecule has 1 aliphatic carbocycles. The second-order valence-corrected chi connectivity index (χ2v) is 6.00. The summed E-state index contributed by atoms with van der Waals surface area (Å²) in [7, 11) is 0. The molecule has 3 nitrogen and oxygen atoms in total. The molecule has 3 heteroatoms. The summed E-state index contributed by atoms with van der Waals surface area (Å²) in [5.74, 6) is 0. The Bertz CT molecular complexity index is 226. The van der Waals surface area contributed by atoms with Gasteiger partial charge in [-0.3, -0.25) is 4.90 Å². The SMILES string of the molecule is C[C@@H]1CN(C2(CN)CCCCCC2)C[C@H](C)O1. The van der Waals surface area contributed by atoms with Crippen molar-refractivity contribution in [3.05, 3.63) is 0 Å². The van der Waals surface area contributed by atoms with Crippen molar-refractivity contribution in [3.63, 3.8) is 0 Å². The highest BCUT2D eigenvalue weighted by molar-refractivity contribution is 4.95. The van der Waals surface area contributed by atoms with Crippen LogP contribution in [0.1, 0.15) is 52.4 Å². The maximum Gasteiger partial charge on any atom is 0.0678 e. The van der Waals surface area contributed by atoms with Crippen LogP contribution in [-0.2, 0) is 4.74 Å². The van der Waals surface area contributed by atoms with Crippen molar-refractivity contribution in [1.29, 1.82) is 0 Å². The molecule has 17 heavy (non-hydrogen) atoms. The first-order valence-electron chi connectivity index (χ1n) is 7.27. The van der Waals surface area contributed by atoms with Crippen molar-refractivity contribution in [3.8, 4) is 0 Å². The van der Waals surface area contributed by atoms with Gasteiger partial charge in [-0.15, -0.1) is 0 Å². The summed E-state index contributed by atoms with van der Waals surface area (Å²) in [6.45, 7) is 7.29. The molecule has 2 N–H and O–H groups in total. The first-order valence-corrected chi connectivity index (χ1v) is 7.27. The zero-order valence-electron chi connectivity index (χ0n) is 11.5. The van der Waals surface area contributed by atoms with E-state index in [1.165, 1.54) is 38.5 Å². The minimum atomic E-state index is 0.267. The monoisotopic (exact) mass is 240 g/mol. The standard InChI is InChI=1S/C14H28N2O/c1-12-9-16(10-13(2)17-12)14(11-15)7-5-3-4-6-8-14/h12-13H,3-11,15H2,1-2H3/t12-,13+. The highest BCUT2D eigenvalue weighted by Gasteiger charge is 2.39. The molecule has 0 bridgehead atoms. The average molecular weight is 240 g/mol. The van der Waals surface area contributed by atoms with Crippen LogP contribution in [0.2, 0.25) is 0 Å². The van der Waals surface area contributed by atoms with Gasteiger partial charge in [0.15, 0.2) is 0 Å². The predicted octanol–water partition coefficient (Wildman–Crippen LogP) is 2.15.